The van der Waals surface area contributed by atoms with E-state index in [1.54, 1.807) is 20.8 Å². The van der Waals surface area contributed by atoms with Crippen LogP contribution in [0.3, 0.4) is 0 Å². The Hall–Kier alpha value is -2.22. The molecule has 0 saturated carbocycles. The van der Waals surface area contributed by atoms with Crippen LogP contribution in [0.25, 0.3) is 10.9 Å². The second kappa shape index (κ2) is 8.65. The van der Waals surface area contributed by atoms with Crippen LogP contribution in [0.5, 0.6) is 0 Å². The second-order valence-corrected chi connectivity index (χ2v) is 8.77. The number of carbonyl (C=O) groups is 1. The number of aromatic nitrogens is 1. The lowest BCUT2D eigenvalue weighted by atomic mass is 10.0. The van der Waals surface area contributed by atoms with Crippen LogP contribution in [0.4, 0.5) is 5.82 Å². The lowest BCUT2D eigenvalue weighted by molar-refractivity contribution is 0.0752. The van der Waals surface area contributed by atoms with Crippen molar-refractivity contribution in [2.75, 3.05) is 24.5 Å². The summed E-state index contributed by atoms with van der Waals surface area (Å²) in [6, 6.07) is 8.34. The predicted molar refractivity (Wildman–Crippen MR) is 117 cm³/mol. The van der Waals surface area contributed by atoms with Gasteiger partial charge >= 0.3 is 0 Å². The highest BCUT2D eigenvalue weighted by atomic mass is 16.3. The number of anilines is 1. The monoisotopic (exact) mass is 399 g/mol. The van der Waals surface area contributed by atoms with Crippen molar-refractivity contribution in [3.63, 3.8) is 0 Å². The third-order valence-corrected chi connectivity index (χ3v) is 5.17. The van der Waals surface area contributed by atoms with Gasteiger partial charge < -0.3 is 26.4 Å². The molecule has 2 aromatic rings. The quantitative estimate of drug-likeness (QED) is 0.553. The third-order valence-electron chi connectivity index (χ3n) is 5.17. The van der Waals surface area contributed by atoms with Crippen LogP contribution in [0.2, 0.25) is 0 Å². The number of hydrogen-bond acceptors (Lipinski definition) is 6. The van der Waals surface area contributed by atoms with Gasteiger partial charge in [0.25, 0.3) is 5.91 Å². The fraction of sp³-hybridized carbons (Fsp3) is 0.545. The lowest BCUT2D eigenvalue weighted by Gasteiger charge is -2.35. The molecule has 0 spiro atoms. The summed E-state index contributed by atoms with van der Waals surface area (Å²) < 4.78 is 0. The van der Waals surface area contributed by atoms with E-state index < -0.39 is 11.8 Å². The van der Waals surface area contributed by atoms with Crippen molar-refractivity contribution in [3.8, 4) is 0 Å². The summed E-state index contributed by atoms with van der Waals surface area (Å²) in [5, 5.41) is 17.1. The van der Waals surface area contributed by atoms with Gasteiger partial charge in [-0.05, 0) is 58.7 Å². The number of fused-ring (bicyclic) bond motifs is 1. The number of nitrogens with two attached hydrogens (primary N) is 1. The van der Waals surface area contributed by atoms with Crippen LogP contribution < -0.4 is 21.3 Å². The molecule has 1 fully saturated rings. The summed E-state index contributed by atoms with van der Waals surface area (Å²) in [5.41, 5.74) is 7.63. The molecule has 158 valence electrons. The van der Waals surface area contributed by atoms with Crippen molar-refractivity contribution in [1.82, 2.24) is 15.6 Å². The maximum Gasteiger partial charge on any atom is 0.256 e. The fourth-order valence-electron chi connectivity index (χ4n) is 3.67. The van der Waals surface area contributed by atoms with Crippen molar-refractivity contribution < 1.29 is 9.90 Å². The number of hydrogen-bond donors (Lipinski definition) is 4. The number of piperidine rings is 1. The molecule has 0 radical (unpaired) electrons. The van der Waals surface area contributed by atoms with E-state index in [9.17, 15) is 9.90 Å². The molecular weight excluding hydrogens is 366 g/mol. The minimum absolute atomic E-state index is 0.201. The number of benzene rings is 1. The van der Waals surface area contributed by atoms with Crippen molar-refractivity contribution in [2.24, 2.45) is 5.73 Å². The fourth-order valence-corrected chi connectivity index (χ4v) is 3.67. The summed E-state index contributed by atoms with van der Waals surface area (Å²) in [6.07, 6.45) is 1.43. The maximum atomic E-state index is 12.8. The molecule has 1 amide bonds. The molecule has 1 saturated heterocycles. The smallest absolute Gasteiger partial charge is 0.256 e. The van der Waals surface area contributed by atoms with E-state index in [0.29, 0.717) is 24.0 Å². The van der Waals surface area contributed by atoms with Crippen LogP contribution in [0.15, 0.2) is 24.3 Å². The zero-order valence-corrected chi connectivity index (χ0v) is 17.8. The van der Waals surface area contributed by atoms with E-state index in [1.165, 1.54) is 0 Å². The van der Waals surface area contributed by atoms with Crippen molar-refractivity contribution in [2.45, 2.75) is 58.3 Å². The van der Waals surface area contributed by atoms with E-state index in [1.807, 2.05) is 31.2 Å². The van der Waals surface area contributed by atoms with Gasteiger partial charge in [0.2, 0.25) is 0 Å². The predicted octanol–water partition coefficient (Wildman–Crippen LogP) is 1.91. The van der Waals surface area contributed by atoms with E-state index in [2.05, 4.69) is 15.5 Å². The summed E-state index contributed by atoms with van der Waals surface area (Å²) >= 11 is 0. The molecule has 1 aromatic carbocycles. The number of carbonyl (C=O) groups excluding carboxylic acids is 1. The molecular formula is C22H33N5O2. The van der Waals surface area contributed by atoms with Crippen molar-refractivity contribution in [3.05, 3.63) is 35.4 Å². The average Bonchev–Trinajstić information content (AvgIpc) is 2.64. The molecule has 1 atom stereocenters. The van der Waals surface area contributed by atoms with Crippen molar-refractivity contribution >= 4 is 22.6 Å². The summed E-state index contributed by atoms with van der Waals surface area (Å²) in [5.74, 6) is 0.508. The van der Waals surface area contributed by atoms with E-state index >= 15 is 0 Å². The average molecular weight is 400 g/mol. The molecule has 29 heavy (non-hydrogen) atoms. The zero-order chi connectivity index (χ0) is 21.2. The molecule has 5 N–H and O–H groups in total. The van der Waals surface area contributed by atoms with Gasteiger partial charge in [0.05, 0.1) is 22.8 Å². The van der Waals surface area contributed by atoms with Crippen LogP contribution in [0, 0.1) is 6.92 Å². The minimum atomic E-state index is -0.723. The number of aliphatic hydroxyl groups is 1. The highest BCUT2D eigenvalue weighted by Crippen LogP contribution is 2.27. The van der Waals surface area contributed by atoms with E-state index in [4.69, 9.17) is 10.7 Å². The normalized spacial score (nSPS) is 16.8. The number of nitrogens with zero attached hydrogens (tertiary/aromatic N) is 2. The zero-order valence-electron chi connectivity index (χ0n) is 17.8. The van der Waals surface area contributed by atoms with Gasteiger partial charge in [0.1, 0.15) is 5.82 Å². The Balaban J connectivity index is 1.84. The Labute approximate surface area is 172 Å². The molecule has 3 rings (SSSR count). The van der Waals surface area contributed by atoms with E-state index in [0.717, 1.165) is 42.4 Å². The van der Waals surface area contributed by atoms with Gasteiger partial charge in [-0.1, -0.05) is 11.6 Å². The van der Waals surface area contributed by atoms with Crippen LogP contribution >= 0.6 is 0 Å². The van der Waals surface area contributed by atoms with Crippen LogP contribution in [0.1, 0.15) is 49.5 Å². The Morgan fingerprint density at radius 1 is 1.34 bits per heavy atom. The molecule has 1 aliphatic heterocycles. The topological polar surface area (TPSA) is 104 Å². The van der Waals surface area contributed by atoms with Gasteiger partial charge in [-0.25, -0.2) is 4.98 Å². The first-order chi connectivity index (χ1) is 13.6. The molecule has 0 aliphatic carbocycles. The largest absolute Gasteiger partial charge is 0.389 e. The number of rotatable bonds is 6. The van der Waals surface area contributed by atoms with Gasteiger partial charge in [-0.15, -0.1) is 0 Å². The third kappa shape index (κ3) is 5.65. The number of aryl methyl sites for hydroxylation is 1. The second-order valence-electron chi connectivity index (χ2n) is 8.77. The molecule has 7 nitrogen and oxygen atoms in total. The Kier molecular flexibility index (Phi) is 6.41. The van der Waals surface area contributed by atoms with Gasteiger partial charge in [0, 0.05) is 31.1 Å². The van der Waals surface area contributed by atoms with E-state index in [-0.39, 0.29) is 5.91 Å². The molecule has 7 heteroatoms. The Morgan fingerprint density at radius 3 is 2.66 bits per heavy atom. The Bertz CT molecular complexity index is 867. The Morgan fingerprint density at radius 2 is 2.03 bits per heavy atom. The standard InChI is InChI=1S/C22H33N5O2/c1-14-5-6-19-16(11-14)12-18(21(28)25-15(2)23)20(26-19)27-9-7-17(8-10-27)24-13-22(3,4)29/h5-6,11-12,15,17,24,29H,7-10,13,23H2,1-4H3,(H,25,28). The molecule has 0 bridgehead atoms. The van der Waals surface area contributed by atoms with Crippen molar-refractivity contribution in [1.29, 1.82) is 0 Å². The van der Waals surface area contributed by atoms with Gasteiger partial charge in [0.15, 0.2) is 0 Å². The summed E-state index contributed by atoms with van der Waals surface area (Å²) in [6.45, 7) is 9.54. The highest BCUT2D eigenvalue weighted by Gasteiger charge is 2.26. The maximum absolute atomic E-state index is 12.8. The SMILES string of the molecule is Cc1ccc2nc(N3CCC(NCC(C)(C)O)CC3)c(C(=O)NC(C)N)cc2c1. The number of pyridine rings is 1. The first-order valence-electron chi connectivity index (χ1n) is 10.3. The molecule has 1 aliphatic rings. The number of amides is 1. The summed E-state index contributed by atoms with van der Waals surface area (Å²) in [7, 11) is 0. The number of nitrogens with one attached hydrogen (secondary N) is 2. The van der Waals surface area contributed by atoms with Gasteiger partial charge in [-0.3, -0.25) is 4.79 Å². The van der Waals surface area contributed by atoms with Gasteiger partial charge in [-0.2, -0.15) is 0 Å². The molecule has 1 unspecified atom stereocenters. The highest BCUT2D eigenvalue weighted by molar-refractivity contribution is 6.02. The minimum Gasteiger partial charge on any atom is -0.389 e. The summed E-state index contributed by atoms with van der Waals surface area (Å²) in [4.78, 5) is 19.8. The van der Waals surface area contributed by atoms with Crippen LogP contribution in [-0.4, -0.2) is 53.4 Å². The first-order valence-corrected chi connectivity index (χ1v) is 10.3. The molecule has 1 aromatic heterocycles. The molecule has 2 heterocycles. The van der Waals surface area contributed by atoms with Crippen LogP contribution in [-0.2, 0) is 0 Å². The lowest BCUT2D eigenvalue weighted by Crippen LogP contribution is -2.47. The first kappa shape index (κ1) is 21.5.